The van der Waals surface area contributed by atoms with Crippen LogP contribution in [0.4, 0.5) is 5.69 Å². The van der Waals surface area contributed by atoms with Gasteiger partial charge in [-0.2, -0.15) is 5.10 Å². The molecule has 0 aromatic carbocycles. The standard InChI is InChI=1S/C16H25N5/c1-12(2)21-16-14(10-19-21)8-15(11-18-16)17-9-13-4-6-20(3)7-5-13/h8,10-13,17H,4-7,9H2,1-3H3. The number of likely N-dealkylation sites (tertiary alicyclic amines) is 1. The highest BCUT2D eigenvalue weighted by atomic mass is 15.3. The average Bonchev–Trinajstić information content (AvgIpc) is 2.90. The fraction of sp³-hybridized carbons (Fsp3) is 0.625. The van der Waals surface area contributed by atoms with Crippen LogP contribution in [0, 0.1) is 5.92 Å². The molecule has 1 aliphatic rings. The number of hydrogen-bond acceptors (Lipinski definition) is 4. The zero-order valence-electron chi connectivity index (χ0n) is 13.2. The lowest BCUT2D eigenvalue weighted by Gasteiger charge is -2.29. The topological polar surface area (TPSA) is 46.0 Å². The van der Waals surface area contributed by atoms with Crippen LogP contribution >= 0.6 is 0 Å². The Bertz CT molecular complexity index is 596. The van der Waals surface area contributed by atoms with E-state index in [0.717, 1.165) is 29.2 Å². The number of rotatable bonds is 4. The lowest BCUT2D eigenvalue weighted by Crippen LogP contribution is -2.32. The first-order valence-electron chi connectivity index (χ1n) is 7.89. The van der Waals surface area contributed by atoms with Gasteiger partial charge in [-0.05, 0) is 58.8 Å². The summed E-state index contributed by atoms with van der Waals surface area (Å²) in [7, 11) is 2.20. The minimum absolute atomic E-state index is 0.341. The molecular formula is C16H25N5. The molecule has 5 nitrogen and oxygen atoms in total. The molecule has 0 bridgehead atoms. The second-order valence-corrected chi connectivity index (χ2v) is 6.45. The van der Waals surface area contributed by atoms with Gasteiger partial charge in [-0.15, -0.1) is 0 Å². The number of piperidine rings is 1. The van der Waals surface area contributed by atoms with Crippen molar-refractivity contribution in [2.24, 2.45) is 5.92 Å². The second kappa shape index (κ2) is 6.02. The number of aromatic nitrogens is 3. The van der Waals surface area contributed by atoms with Gasteiger partial charge in [0.1, 0.15) is 0 Å². The van der Waals surface area contributed by atoms with Crippen LogP contribution in [0.1, 0.15) is 32.7 Å². The minimum atomic E-state index is 0.341. The number of nitrogens with one attached hydrogen (secondary N) is 1. The van der Waals surface area contributed by atoms with Crippen LogP contribution < -0.4 is 5.32 Å². The summed E-state index contributed by atoms with van der Waals surface area (Å²) in [6, 6.07) is 2.50. The normalized spacial score (nSPS) is 17.7. The van der Waals surface area contributed by atoms with Crippen LogP contribution in [0.15, 0.2) is 18.5 Å². The van der Waals surface area contributed by atoms with Gasteiger partial charge in [0.2, 0.25) is 0 Å². The molecule has 0 unspecified atom stereocenters. The van der Waals surface area contributed by atoms with E-state index in [2.05, 4.69) is 47.3 Å². The fourth-order valence-electron chi connectivity index (χ4n) is 2.94. The zero-order chi connectivity index (χ0) is 14.8. The molecule has 1 N–H and O–H groups in total. The van der Waals surface area contributed by atoms with Crippen molar-refractivity contribution in [2.45, 2.75) is 32.7 Å². The van der Waals surface area contributed by atoms with Crippen molar-refractivity contribution in [3.8, 4) is 0 Å². The molecule has 1 fully saturated rings. The van der Waals surface area contributed by atoms with Crippen LogP contribution in [0.5, 0.6) is 0 Å². The quantitative estimate of drug-likeness (QED) is 0.939. The largest absolute Gasteiger partial charge is 0.384 e. The predicted octanol–water partition coefficient (Wildman–Crippen LogP) is 2.77. The van der Waals surface area contributed by atoms with Crippen molar-refractivity contribution < 1.29 is 0 Å². The summed E-state index contributed by atoms with van der Waals surface area (Å²) in [5, 5.41) is 9.07. The van der Waals surface area contributed by atoms with E-state index in [1.165, 1.54) is 25.9 Å². The van der Waals surface area contributed by atoms with Gasteiger partial charge in [-0.1, -0.05) is 0 Å². The molecule has 2 aromatic heterocycles. The summed E-state index contributed by atoms with van der Waals surface area (Å²) in [5.74, 6) is 0.773. The molecule has 0 aliphatic carbocycles. The van der Waals surface area contributed by atoms with Gasteiger partial charge >= 0.3 is 0 Å². The molecule has 0 atom stereocenters. The van der Waals surface area contributed by atoms with Crippen LogP contribution in [-0.4, -0.2) is 46.3 Å². The number of pyridine rings is 1. The van der Waals surface area contributed by atoms with Gasteiger partial charge in [-0.25, -0.2) is 9.67 Å². The third kappa shape index (κ3) is 3.18. The van der Waals surface area contributed by atoms with E-state index in [1.54, 1.807) is 0 Å². The van der Waals surface area contributed by atoms with Crippen LogP contribution in [0.3, 0.4) is 0 Å². The lowest BCUT2D eigenvalue weighted by molar-refractivity contribution is 0.226. The van der Waals surface area contributed by atoms with Crippen LogP contribution in [0.2, 0.25) is 0 Å². The van der Waals surface area contributed by atoms with Crippen molar-refractivity contribution >= 4 is 16.7 Å². The summed E-state index contributed by atoms with van der Waals surface area (Å²) < 4.78 is 1.97. The number of fused-ring (bicyclic) bond motifs is 1. The Morgan fingerprint density at radius 3 is 2.76 bits per heavy atom. The lowest BCUT2D eigenvalue weighted by atomic mass is 9.97. The van der Waals surface area contributed by atoms with Crippen LogP contribution in [-0.2, 0) is 0 Å². The molecule has 0 radical (unpaired) electrons. The molecule has 0 spiro atoms. The number of anilines is 1. The molecular weight excluding hydrogens is 262 g/mol. The minimum Gasteiger partial charge on any atom is -0.384 e. The summed E-state index contributed by atoms with van der Waals surface area (Å²) in [6.45, 7) is 7.72. The maximum absolute atomic E-state index is 4.57. The molecule has 114 valence electrons. The summed E-state index contributed by atoms with van der Waals surface area (Å²) >= 11 is 0. The molecule has 5 heteroatoms. The molecule has 1 saturated heterocycles. The maximum Gasteiger partial charge on any atom is 0.158 e. The van der Waals surface area contributed by atoms with E-state index < -0.39 is 0 Å². The third-order valence-corrected chi connectivity index (χ3v) is 4.36. The van der Waals surface area contributed by atoms with E-state index in [9.17, 15) is 0 Å². The highest BCUT2D eigenvalue weighted by Gasteiger charge is 2.16. The van der Waals surface area contributed by atoms with Gasteiger partial charge in [0.15, 0.2) is 5.65 Å². The Morgan fingerprint density at radius 2 is 2.05 bits per heavy atom. The Balaban J connectivity index is 1.65. The highest BCUT2D eigenvalue weighted by molar-refractivity contribution is 5.78. The number of hydrogen-bond donors (Lipinski definition) is 1. The van der Waals surface area contributed by atoms with Crippen LogP contribution in [0.25, 0.3) is 11.0 Å². The first kappa shape index (κ1) is 14.3. The van der Waals surface area contributed by atoms with Gasteiger partial charge in [-0.3, -0.25) is 0 Å². The maximum atomic E-state index is 4.57. The average molecular weight is 287 g/mol. The number of nitrogens with zero attached hydrogens (tertiary/aromatic N) is 4. The highest BCUT2D eigenvalue weighted by Crippen LogP contribution is 2.21. The van der Waals surface area contributed by atoms with Gasteiger partial charge < -0.3 is 10.2 Å². The monoisotopic (exact) mass is 287 g/mol. The summed E-state index contributed by atoms with van der Waals surface area (Å²) in [6.07, 6.45) is 6.40. The van der Waals surface area contributed by atoms with E-state index >= 15 is 0 Å². The Hall–Kier alpha value is -1.62. The van der Waals surface area contributed by atoms with Gasteiger partial charge in [0.05, 0.1) is 18.1 Å². The molecule has 21 heavy (non-hydrogen) atoms. The SMILES string of the molecule is CC(C)n1ncc2cc(NCC3CCN(C)CC3)cnc21. The van der Waals surface area contributed by atoms with E-state index in [0.29, 0.717) is 6.04 Å². The van der Waals surface area contributed by atoms with E-state index in [4.69, 9.17) is 0 Å². The molecule has 0 amide bonds. The molecule has 1 aliphatic heterocycles. The van der Waals surface area contributed by atoms with Crippen molar-refractivity contribution in [3.05, 3.63) is 18.5 Å². The summed E-state index contributed by atoms with van der Waals surface area (Å²) in [5.41, 5.74) is 2.07. The first-order chi connectivity index (χ1) is 10.1. The van der Waals surface area contributed by atoms with Crippen molar-refractivity contribution in [1.29, 1.82) is 0 Å². The predicted molar refractivity (Wildman–Crippen MR) is 86.6 cm³/mol. The smallest absolute Gasteiger partial charge is 0.158 e. The van der Waals surface area contributed by atoms with Crippen molar-refractivity contribution in [3.63, 3.8) is 0 Å². The molecule has 2 aromatic rings. The Kier molecular flexibility index (Phi) is 4.10. The van der Waals surface area contributed by atoms with Gasteiger partial charge in [0.25, 0.3) is 0 Å². The molecule has 3 heterocycles. The summed E-state index contributed by atoms with van der Waals surface area (Å²) in [4.78, 5) is 6.98. The second-order valence-electron chi connectivity index (χ2n) is 6.45. The third-order valence-electron chi connectivity index (χ3n) is 4.36. The van der Waals surface area contributed by atoms with E-state index in [1.807, 2.05) is 17.1 Å². The molecule has 3 rings (SSSR count). The molecule has 0 saturated carbocycles. The van der Waals surface area contributed by atoms with Gasteiger partial charge in [0, 0.05) is 18.0 Å². The zero-order valence-corrected chi connectivity index (χ0v) is 13.2. The van der Waals surface area contributed by atoms with Crippen molar-refractivity contribution in [2.75, 3.05) is 32.0 Å². The van der Waals surface area contributed by atoms with E-state index in [-0.39, 0.29) is 0 Å². The Labute approximate surface area is 126 Å². The Morgan fingerprint density at radius 1 is 1.29 bits per heavy atom. The fourth-order valence-corrected chi connectivity index (χ4v) is 2.94. The van der Waals surface area contributed by atoms with Crippen molar-refractivity contribution in [1.82, 2.24) is 19.7 Å². The first-order valence-corrected chi connectivity index (χ1v) is 7.89.